The summed E-state index contributed by atoms with van der Waals surface area (Å²) in [4.78, 5) is 10.3. The van der Waals surface area contributed by atoms with Crippen LogP contribution in [-0.2, 0) is 5.41 Å². The van der Waals surface area contributed by atoms with Crippen LogP contribution in [-0.4, -0.2) is 9.97 Å². The van der Waals surface area contributed by atoms with Crippen LogP contribution < -0.4 is 0 Å². The first kappa shape index (κ1) is 27.7. The maximum Gasteiger partial charge on any atom is 0.160 e. The summed E-state index contributed by atoms with van der Waals surface area (Å²) in [6.45, 7) is 0. The predicted molar refractivity (Wildman–Crippen MR) is 200 cm³/mol. The van der Waals surface area contributed by atoms with Crippen LogP contribution in [0.4, 0.5) is 0 Å². The number of aromatic nitrogens is 2. The molecule has 2 aliphatic rings. The minimum absolute atomic E-state index is 0.493. The molecule has 2 aliphatic carbocycles. The van der Waals surface area contributed by atoms with Gasteiger partial charge < -0.3 is 0 Å². The van der Waals surface area contributed by atoms with Crippen LogP contribution in [0.3, 0.4) is 0 Å². The Morgan fingerprint density at radius 2 is 0.694 bits per heavy atom. The van der Waals surface area contributed by atoms with Crippen LogP contribution >= 0.6 is 0 Å². The normalized spacial score (nSPS) is 13.1. The van der Waals surface area contributed by atoms with Crippen molar-refractivity contribution < 1.29 is 0 Å². The molecule has 1 aromatic heterocycles. The zero-order valence-electron chi connectivity index (χ0n) is 26.7. The molecule has 1 spiro atoms. The van der Waals surface area contributed by atoms with Crippen LogP contribution in [0.15, 0.2) is 182 Å². The molecule has 0 unspecified atom stereocenters. The fourth-order valence-corrected chi connectivity index (χ4v) is 8.28. The van der Waals surface area contributed by atoms with E-state index in [1.165, 1.54) is 55.6 Å². The lowest BCUT2D eigenvalue weighted by molar-refractivity contribution is 0.775. The van der Waals surface area contributed by atoms with Crippen molar-refractivity contribution in [3.63, 3.8) is 0 Å². The van der Waals surface area contributed by atoms with Crippen LogP contribution in [0, 0.1) is 0 Å². The van der Waals surface area contributed by atoms with Crippen molar-refractivity contribution in [2.24, 2.45) is 0 Å². The second kappa shape index (κ2) is 10.8. The van der Waals surface area contributed by atoms with E-state index in [0.717, 1.165) is 33.9 Å². The van der Waals surface area contributed by atoms with E-state index in [1.807, 2.05) is 24.3 Å². The Morgan fingerprint density at radius 1 is 0.286 bits per heavy atom. The summed E-state index contributed by atoms with van der Waals surface area (Å²) in [6, 6.07) is 65.7. The monoisotopic (exact) mass is 622 g/mol. The van der Waals surface area contributed by atoms with Gasteiger partial charge in [-0.1, -0.05) is 170 Å². The average molecular weight is 623 g/mol. The van der Waals surface area contributed by atoms with E-state index in [2.05, 4.69) is 158 Å². The molecule has 0 saturated carbocycles. The van der Waals surface area contributed by atoms with Gasteiger partial charge in [0, 0.05) is 16.7 Å². The van der Waals surface area contributed by atoms with Gasteiger partial charge in [0.2, 0.25) is 0 Å². The van der Waals surface area contributed by atoms with Crippen molar-refractivity contribution in [1.82, 2.24) is 9.97 Å². The summed E-state index contributed by atoms with van der Waals surface area (Å²) in [6.07, 6.45) is 0. The molecule has 49 heavy (non-hydrogen) atoms. The molecule has 0 saturated heterocycles. The lowest BCUT2D eigenvalue weighted by atomic mass is 9.66. The maximum absolute atomic E-state index is 5.22. The van der Waals surface area contributed by atoms with Crippen molar-refractivity contribution in [3.8, 4) is 67.3 Å². The van der Waals surface area contributed by atoms with E-state index < -0.39 is 5.41 Å². The van der Waals surface area contributed by atoms with E-state index in [4.69, 9.17) is 9.97 Å². The smallest absolute Gasteiger partial charge is 0.160 e. The van der Waals surface area contributed by atoms with Crippen LogP contribution in [0.1, 0.15) is 22.3 Å². The molecule has 0 amide bonds. The second-order valence-corrected chi connectivity index (χ2v) is 12.9. The molecule has 7 aromatic carbocycles. The van der Waals surface area contributed by atoms with Crippen molar-refractivity contribution in [1.29, 1.82) is 0 Å². The summed E-state index contributed by atoms with van der Waals surface area (Å²) < 4.78 is 0. The van der Waals surface area contributed by atoms with Gasteiger partial charge in [-0.3, -0.25) is 0 Å². The third-order valence-electron chi connectivity index (χ3n) is 10.3. The summed E-state index contributed by atoms with van der Waals surface area (Å²) in [7, 11) is 0. The first-order valence-electron chi connectivity index (χ1n) is 16.8. The highest BCUT2D eigenvalue weighted by molar-refractivity contribution is 5.98. The van der Waals surface area contributed by atoms with Crippen molar-refractivity contribution >= 4 is 0 Å². The topological polar surface area (TPSA) is 25.8 Å². The quantitative estimate of drug-likeness (QED) is 0.196. The minimum atomic E-state index is -0.493. The van der Waals surface area contributed by atoms with Gasteiger partial charge in [0.05, 0.1) is 16.8 Å². The number of hydrogen-bond donors (Lipinski definition) is 0. The number of fused-ring (bicyclic) bond motifs is 12. The first-order chi connectivity index (χ1) is 24.3. The molecule has 0 fully saturated rings. The van der Waals surface area contributed by atoms with Gasteiger partial charge in [-0.25, -0.2) is 9.97 Å². The molecule has 0 aliphatic heterocycles. The van der Waals surface area contributed by atoms with Crippen LogP contribution in [0.25, 0.3) is 67.3 Å². The summed E-state index contributed by atoms with van der Waals surface area (Å²) in [5.41, 5.74) is 17.2. The Hall–Kier alpha value is -6.38. The molecular formula is C47H30N2. The summed E-state index contributed by atoms with van der Waals surface area (Å²) in [5.74, 6) is 0.717. The molecule has 228 valence electrons. The largest absolute Gasteiger partial charge is 0.228 e. The summed E-state index contributed by atoms with van der Waals surface area (Å²) in [5, 5.41) is 0. The third-order valence-corrected chi connectivity index (χ3v) is 10.3. The molecule has 2 heteroatoms. The average Bonchev–Trinajstić information content (AvgIpc) is 3.43. The zero-order valence-corrected chi connectivity index (χ0v) is 26.7. The zero-order chi connectivity index (χ0) is 32.4. The molecular weight excluding hydrogens is 593 g/mol. The Bertz CT molecular complexity index is 2450. The number of hydrogen-bond acceptors (Lipinski definition) is 2. The Kier molecular flexibility index (Phi) is 6.13. The van der Waals surface area contributed by atoms with E-state index in [-0.39, 0.29) is 0 Å². The van der Waals surface area contributed by atoms with Gasteiger partial charge in [0.25, 0.3) is 0 Å². The molecule has 0 N–H and O–H groups in total. The molecule has 0 bridgehead atoms. The molecule has 1 heterocycles. The fourth-order valence-electron chi connectivity index (χ4n) is 8.28. The minimum Gasteiger partial charge on any atom is -0.228 e. The highest BCUT2D eigenvalue weighted by Gasteiger charge is 2.49. The van der Waals surface area contributed by atoms with Crippen LogP contribution in [0.2, 0.25) is 0 Å². The van der Waals surface area contributed by atoms with Crippen molar-refractivity contribution in [2.45, 2.75) is 5.41 Å². The number of benzene rings is 7. The third kappa shape index (κ3) is 4.07. The number of rotatable bonds is 3. The van der Waals surface area contributed by atoms with Gasteiger partial charge in [-0.2, -0.15) is 0 Å². The summed E-state index contributed by atoms with van der Waals surface area (Å²) >= 11 is 0. The van der Waals surface area contributed by atoms with Gasteiger partial charge in [0.15, 0.2) is 5.82 Å². The van der Waals surface area contributed by atoms with Gasteiger partial charge in [0.1, 0.15) is 0 Å². The first-order valence-corrected chi connectivity index (χ1v) is 16.8. The van der Waals surface area contributed by atoms with Crippen molar-refractivity contribution in [3.05, 3.63) is 204 Å². The SMILES string of the molecule is c1ccc(-c2cc(-c3ccc4c(c3)-c3ccccc3-c3ccccc3C43c4ccccc4-c4ccccc43)nc(-c3ccccc3)n2)cc1. The number of nitrogens with zero attached hydrogens (tertiary/aromatic N) is 2. The second-order valence-electron chi connectivity index (χ2n) is 12.9. The molecule has 10 rings (SSSR count). The van der Waals surface area contributed by atoms with Crippen molar-refractivity contribution in [2.75, 3.05) is 0 Å². The van der Waals surface area contributed by atoms with E-state index >= 15 is 0 Å². The molecule has 0 atom stereocenters. The molecule has 0 radical (unpaired) electrons. The lowest BCUT2D eigenvalue weighted by Crippen LogP contribution is -2.29. The predicted octanol–water partition coefficient (Wildman–Crippen LogP) is 11.5. The lowest BCUT2D eigenvalue weighted by Gasteiger charge is -2.35. The van der Waals surface area contributed by atoms with E-state index in [9.17, 15) is 0 Å². The van der Waals surface area contributed by atoms with Crippen LogP contribution in [0.5, 0.6) is 0 Å². The Morgan fingerprint density at radius 3 is 1.27 bits per heavy atom. The Balaban J connectivity index is 1.29. The Labute approximate surface area is 286 Å². The van der Waals surface area contributed by atoms with Gasteiger partial charge >= 0.3 is 0 Å². The van der Waals surface area contributed by atoms with Gasteiger partial charge in [-0.05, 0) is 67.8 Å². The van der Waals surface area contributed by atoms with Gasteiger partial charge in [-0.15, -0.1) is 0 Å². The molecule has 2 nitrogen and oxygen atoms in total. The highest BCUT2D eigenvalue weighted by atomic mass is 14.9. The van der Waals surface area contributed by atoms with E-state index in [1.54, 1.807) is 0 Å². The standard InChI is InChI=1S/C47H30N2/c1-3-15-31(16-4-1)44-30-45(49-46(48-44)32-17-5-2-6-18-32)33-27-28-43-39(29-33)35-20-8-7-19-34(35)36-21-9-12-24-40(36)47(43)41-25-13-10-22-37(41)38-23-11-14-26-42(38)47/h1-30H. The molecule has 8 aromatic rings. The van der Waals surface area contributed by atoms with E-state index in [0.29, 0.717) is 0 Å². The fraction of sp³-hybridized carbons (Fsp3) is 0.0213. The maximum atomic E-state index is 5.22. The highest BCUT2D eigenvalue weighted by Crippen LogP contribution is 2.61.